The van der Waals surface area contributed by atoms with E-state index in [0.29, 0.717) is 11.8 Å². The predicted octanol–water partition coefficient (Wildman–Crippen LogP) is 6.19. The Kier molecular flexibility index (Phi) is 6.78. The number of methoxy groups -OCH3 is 1. The monoisotopic (exact) mass is 419 g/mol. The average Bonchev–Trinajstić information content (AvgIpc) is 3.13. The Hall–Kier alpha value is -2.17. The van der Waals surface area contributed by atoms with Gasteiger partial charge in [0.05, 0.1) is 5.69 Å². The molecular weight excluding hydrogens is 382 g/mol. The van der Waals surface area contributed by atoms with Gasteiger partial charge in [-0.3, -0.25) is 4.98 Å². The summed E-state index contributed by atoms with van der Waals surface area (Å²) in [6, 6.07) is 11.5. The molecule has 0 atom stereocenters. The number of aromatic nitrogens is 2. The number of fused-ring (bicyclic) bond motifs is 1. The number of nitrogens with zero attached hydrogens (tertiary/aromatic N) is 2. The Morgan fingerprint density at radius 3 is 2.45 bits per heavy atom. The van der Waals surface area contributed by atoms with E-state index in [0.717, 1.165) is 31.0 Å². The minimum Gasteiger partial charge on any atom is -0.385 e. The molecule has 1 N–H and O–H groups in total. The SMILES string of the molecule is COCCCN1CCC(c2ccc3[nH]c(-c4cc(C)nc(C)c4)c(C(C)C)c3c2)CC1. The maximum atomic E-state index is 5.21. The van der Waals surface area contributed by atoms with E-state index in [1.807, 2.05) is 0 Å². The minimum atomic E-state index is 0.454. The zero-order valence-corrected chi connectivity index (χ0v) is 19.8. The standard InChI is InChI=1S/C27H37N3O/c1-18(2)26-24-17-22(21-9-12-30(13-10-21)11-6-14-31-5)7-8-25(24)29-27(26)23-15-19(3)28-20(4)16-23/h7-8,15-18,21,29H,6,9-14H2,1-5H3. The highest BCUT2D eigenvalue weighted by Crippen LogP contribution is 2.38. The van der Waals surface area contributed by atoms with Crippen molar-refractivity contribution >= 4 is 10.9 Å². The summed E-state index contributed by atoms with van der Waals surface area (Å²) in [5.41, 5.74) is 8.81. The average molecular weight is 420 g/mol. The molecule has 0 aliphatic carbocycles. The number of aryl methyl sites for hydroxylation is 2. The fraction of sp³-hybridized carbons (Fsp3) is 0.519. The summed E-state index contributed by atoms with van der Waals surface area (Å²) in [5.74, 6) is 1.11. The molecule has 1 saturated heterocycles. The second kappa shape index (κ2) is 9.54. The van der Waals surface area contributed by atoms with Crippen molar-refractivity contribution in [3.05, 3.63) is 52.8 Å². The molecule has 0 radical (unpaired) electrons. The molecule has 4 nitrogen and oxygen atoms in total. The van der Waals surface area contributed by atoms with E-state index in [-0.39, 0.29) is 0 Å². The lowest BCUT2D eigenvalue weighted by Gasteiger charge is -2.32. The number of rotatable bonds is 7. The summed E-state index contributed by atoms with van der Waals surface area (Å²) in [6.07, 6.45) is 3.62. The largest absolute Gasteiger partial charge is 0.385 e. The first-order valence-corrected chi connectivity index (χ1v) is 11.8. The molecule has 0 saturated carbocycles. The van der Waals surface area contributed by atoms with E-state index in [9.17, 15) is 0 Å². The van der Waals surface area contributed by atoms with E-state index >= 15 is 0 Å². The summed E-state index contributed by atoms with van der Waals surface area (Å²) in [6.45, 7) is 13.2. The second-order valence-corrected chi connectivity index (χ2v) is 9.47. The van der Waals surface area contributed by atoms with Gasteiger partial charge in [-0.15, -0.1) is 0 Å². The molecule has 4 rings (SSSR count). The number of hydrogen-bond acceptors (Lipinski definition) is 3. The van der Waals surface area contributed by atoms with Crippen LogP contribution in [0.5, 0.6) is 0 Å². The molecule has 1 fully saturated rings. The van der Waals surface area contributed by atoms with Crippen molar-refractivity contribution in [1.82, 2.24) is 14.9 Å². The van der Waals surface area contributed by atoms with Crippen LogP contribution in [0.4, 0.5) is 0 Å². The lowest BCUT2D eigenvalue weighted by atomic mass is 9.87. The Labute approximate surface area is 187 Å². The van der Waals surface area contributed by atoms with Crippen LogP contribution in [-0.2, 0) is 4.74 Å². The molecule has 1 aliphatic rings. The van der Waals surface area contributed by atoms with Crippen LogP contribution in [0.2, 0.25) is 0 Å². The zero-order chi connectivity index (χ0) is 22.0. The first-order chi connectivity index (χ1) is 15.0. The van der Waals surface area contributed by atoms with Gasteiger partial charge in [0.25, 0.3) is 0 Å². The highest BCUT2D eigenvalue weighted by molar-refractivity contribution is 5.92. The summed E-state index contributed by atoms with van der Waals surface area (Å²) in [7, 11) is 1.79. The summed E-state index contributed by atoms with van der Waals surface area (Å²) in [5, 5.41) is 1.39. The molecule has 0 unspecified atom stereocenters. The van der Waals surface area contributed by atoms with Gasteiger partial charge in [0.1, 0.15) is 0 Å². The number of hydrogen-bond donors (Lipinski definition) is 1. The number of benzene rings is 1. The van der Waals surface area contributed by atoms with Gasteiger partial charge in [-0.1, -0.05) is 19.9 Å². The highest BCUT2D eigenvalue weighted by Gasteiger charge is 2.22. The van der Waals surface area contributed by atoms with Crippen molar-refractivity contribution in [3.8, 4) is 11.3 Å². The molecule has 1 aliphatic heterocycles. The Bertz CT molecular complexity index is 1010. The smallest absolute Gasteiger partial charge is 0.0501 e. The van der Waals surface area contributed by atoms with Gasteiger partial charge in [-0.05, 0) is 93.4 Å². The third-order valence-electron chi connectivity index (χ3n) is 6.69. The molecule has 2 aromatic heterocycles. The van der Waals surface area contributed by atoms with E-state index in [4.69, 9.17) is 4.74 Å². The fourth-order valence-corrected chi connectivity index (χ4v) is 5.21. The van der Waals surface area contributed by atoms with Crippen molar-refractivity contribution in [2.24, 2.45) is 0 Å². The summed E-state index contributed by atoms with van der Waals surface area (Å²) >= 11 is 0. The normalized spacial score (nSPS) is 15.9. The molecule has 0 bridgehead atoms. The number of aromatic amines is 1. The van der Waals surface area contributed by atoms with Crippen LogP contribution in [0.25, 0.3) is 22.2 Å². The number of likely N-dealkylation sites (tertiary alicyclic amines) is 1. The molecule has 1 aromatic carbocycles. The van der Waals surface area contributed by atoms with Gasteiger partial charge < -0.3 is 14.6 Å². The van der Waals surface area contributed by atoms with Crippen LogP contribution >= 0.6 is 0 Å². The molecule has 0 spiro atoms. The number of piperidine rings is 1. The van der Waals surface area contributed by atoms with Gasteiger partial charge in [0, 0.05) is 48.1 Å². The van der Waals surface area contributed by atoms with Crippen molar-refractivity contribution < 1.29 is 4.74 Å². The van der Waals surface area contributed by atoms with Crippen LogP contribution in [0, 0.1) is 13.8 Å². The summed E-state index contributed by atoms with van der Waals surface area (Å²) < 4.78 is 5.21. The van der Waals surface area contributed by atoms with Gasteiger partial charge in [-0.2, -0.15) is 0 Å². The maximum Gasteiger partial charge on any atom is 0.0501 e. The van der Waals surface area contributed by atoms with Crippen molar-refractivity contribution in [2.45, 2.75) is 58.8 Å². The van der Waals surface area contributed by atoms with Crippen molar-refractivity contribution in [3.63, 3.8) is 0 Å². The third-order valence-corrected chi connectivity index (χ3v) is 6.69. The molecule has 31 heavy (non-hydrogen) atoms. The van der Waals surface area contributed by atoms with Crippen LogP contribution in [0.3, 0.4) is 0 Å². The van der Waals surface area contributed by atoms with Crippen LogP contribution in [0.15, 0.2) is 30.3 Å². The quantitative estimate of drug-likeness (QED) is 0.465. The number of nitrogens with one attached hydrogen (secondary N) is 1. The molecule has 166 valence electrons. The van der Waals surface area contributed by atoms with E-state index in [1.165, 1.54) is 59.2 Å². The number of ether oxygens (including phenoxy) is 1. The maximum absolute atomic E-state index is 5.21. The molecule has 3 heterocycles. The van der Waals surface area contributed by atoms with Gasteiger partial charge in [-0.25, -0.2) is 0 Å². The highest BCUT2D eigenvalue weighted by atomic mass is 16.5. The van der Waals surface area contributed by atoms with Crippen molar-refractivity contribution in [2.75, 3.05) is 33.4 Å². The lowest BCUT2D eigenvalue weighted by molar-refractivity contribution is 0.157. The Balaban J connectivity index is 1.61. The summed E-state index contributed by atoms with van der Waals surface area (Å²) in [4.78, 5) is 10.9. The lowest BCUT2D eigenvalue weighted by Crippen LogP contribution is -2.34. The van der Waals surface area contributed by atoms with Gasteiger partial charge in [0.15, 0.2) is 0 Å². The van der Waals surface area contributed by atoms with Crippen LogP contribution in [0.1, 0.15) is 67.5 Å². The predicted molar refractivity (Wildman–Crippen MR) is 130 cm³/mol. The molecular formula is C27H37N3O. The molecule has 4 heteroatoms. The van der Waals surface area contributed by atoms with E-state index in [1.54, 1.807) is 7.11 Å². The first kappa shape index (κ1) is 22.0. The topological polar surface area (TPSA) is 41.1 Å². The van der Waals surface area contributed by atoms with Crippen molar-refractivity contribution in [1.29, 1.82) is 0 Å². The fourth-order valence-electron chi connectivity index (χ4n) is 5.21. The molecule has 3 aromatic rings. The third kappa shape index (κ3) is 4.86. The Morgan fingerprint density at radius 2 is 1.81 bits per heavy atom. The molecule has 0 amide bonds. The Morgan fingerprint density at radius 1 is 1.10 bits per heavy atom. The van der Waals surface area contributed by atoms with Gasteiger partial charge in [0.2, 0.25) is 0 Å². The van der Waals surface area contributed by atoms with Crippen LogP contribution < -0.4 is 0 Å². The number of pyridine rings is 1. The van der Waals surface area contributed by atoms with E-state index < -0.39 is 0 Å². The minimum absolute atomic E-state index is 0.454. The first-order valence-electron chi connectivity index (χ1n) is 11.8. The number of H-pyrrole nitrogens is 1. The van der Waals surface area contributed by atoms with E-state index in [2.05, 4.69) is 72.9 Å². The van der Waals surface area contributed by atoms with Crippen LogP contribution in [-0.4, -0.2) is 48.2 Å². The van der Waals surface area contributed by atoms with Gasteiger partial charge >= 0.3 is 0 Å². The zero-order valence-electron chi connectivity index (χ0n) is 19.8. The second-order valence-electron chi connectivity index (χ2n) is 9.47.